The number of hydrogen-bond donors (Lipinski definition) is 2. The molecule has 0 aliphatic rings. The lowest BCUT2D eigenvalue weighted by Gasteiger charge is -2.01. The molecule has 0 fully saturated rings. The Hall–Kier alpha value is -3.54. The number of aldehydes is 1. The van der Waals surface area contributed by atoms with Gasteiger partial charge in [0, 0.05) is 10.8 Å². The predicted octanol–water partition coefficient (Wildman–Crippen LogP) is 3.95. The van der Waals surface area contributed by atoms with Gasteiger partial charge in [-0.25, -0.2) is 0 Å². The van der Waals surface area contributed by atoms with Crippen LogP contribution in [0.15, 0.2) is 57.4 Å². The average molecular weight is 321 g/mol. The number of phenols is 1. The second kappa shape index (κ2) is 5.27. The van der Waals surface area contributed by atoms with Crippen molar-refractivity contribution in [2.24, 2.45) is 0 Å². The molecule has 6 nitrogen and oxygen atoms in total. The molecule has 0 aliphatic heterocycles. The largest absolute Gasteiger partial charge is 0.508 e. The number of para-hydroxylation sites is 1. The van der Waals surface area contributed by atoms with Crippen molar-refractivity contribution in [1.29, 1.82) is 0 Å². The molecule has 24 heavy (non-hydrogen) atoms. The summed E-state index contributed by atoms with van der Waals surface area (Å²) < 4.78 is 10.9. The van der Waals surface area contributed by atoms with Gasteiger partial charge in [0.25, 0.3) is 5.91 Å². The summed E-state index contributed by atoms with van der Waals surface area (Å²) in [6.07, 6.45) is 0.505. The van der Waals surface area contributed by atoms with Crippen LogP contribution in [0.3, 0.4) is 0 Å². The topological polar surface area (TPSA) is 92.7 Å². The fraction of sp³-hybridized carbons (Fsp3) is 0. The minimum atomic E-state index is -0.514. The summed E-state index contributed by atoms with van der Waals surface area (Å²) in [5.74, 6) is -0.428. The number of hydrogen-bond acceptors (Lipinski definition) is 5. The first-order chi connectivity index (χ1) is 11.7. The third-order valence-electron chi connectivity index (χ3n) is 3.69. The van der Waals surface area contributed by atoms with Crippen LogP contribution < -0.4 is 5.32 Å². The predicted molar refractivity (Wildman–Crippen MR) is 87.4 cm³/mol. The Morgan fingerprint density at radius 3 is 2.67 bits per heavy atom. The number of carbonyl (C=O) groups excluding carboxylic acids is 2. The average Bonchev–Trinajstić information content (AvgIpc) is 3.16. The second-order valence-corrected chi connectivity index (χ2v) is 5.24. The minimum Gasteiger partial charge on any atom is -0.508 e. The molecule has 0 spiro atoms. The lowest BCUT2D eigenvalue weighted by Crippen LogP contribution is -2.11. The molecule has 0 saturated carbocycles. The van der Waals surface area contributed by atoms with Crippen LogP contribution in [0.4, 0.5) is 5.69 Å². The van der Waals surface area contributed by atoms with Crippen LogP contribution >= 0.6 is 0 Å². The third kappa shape index (κ3) is 2.21. The number of fused-ring (bicyclic) bond motifs is 2. The van der Waals surface area contributed by atoms with Crippen molar-refractivity contribution in [3.63, 3.8) is 0 Å². The summed E-state index contributed by atoms with van der Waals surface area (Å²) in [6, 6.07) is 13.2. The van der Waals surface area contributed by atoms with E-state index in [1.807, 2.05) is 18.2 Å². The molecule has 6 heteroatoms. The summed E-state index contributed by atoms with van der Waals surface area (Å²) in [5.41, 5.74) is 1.17. The Morgan fingerprint density at radius 2 is 1.88 bits per heavy atom. The summed E-state index contributed by atoms with van der Waals surface area (Å²) in [5, 5.41) is 13.5. The van der Waals surface area contributed by atoms with Crippen molar-refractivity contribution < 1.29 is 23.5 Å². The molecule has 2 heterocycles. The maximum atomic E-state index is 12.5. The number of amides is 1. The fourth-order valence-corrected chi connectivity index (χ4v) is 2.59. The number of rotatable bonds is 3. The van der Waals surface area contributed by atoms with Crippen molar-refractivity contribution >= 4 is 39.8 Å². The van der Waals surface area contributed by atoms with E-state index in [-0.39, 0.29) is 23.0 Å². The summed E-state index contributed by atoms with van der Waals surface area (Å²) in [6.45, 7) is 0. The first kappa shape index (κ1) is 14.1. The molecule has 4 aromatic rings. The lowest BCUT2D eigenvalue weighted by molar-refractivity contribution is 0.0998. The third-order valence-corrected chi connectivity index (χ3v) is 3.69. The van der Waals surface area contributed by atoms with E-state index in [1.54, 1.807) is 12.1 Å². The van der Waals surface area contributed by atoms with E-state index in [9.17, 15) is 14.7 Å². The molecule has 2 N–H and O–H groups in total. The van der Waals surface area contributed by atoms with Gasteiger partial charge in [-0.15, -0.1) is 0 Å². The molecule has 118 valence electrons. The molecule has 0 aliphatic carbocycles. The molecule has 0 bridgehead atoms. The molecule has 1 amide bonds. The van der Waals surface area contributed by atoms with Gasteiger partial charge < -0.3 is 19.3 Å². The molecular formula is C18H11NO5. The number of furan rings is 2. The molecule has 2 aromatic carbocycles. The fourth-order valence-electron chi connectivity index (χ4n) is 2.59. The van der Waals surface area contributed by atoms with Crippen LogP contribution in [-0.4, -0.2) is 17.3 Å². The summed E-state index contributed by atoms with van der Waals surface area (Å²) in [7, 11) is 0. The zero-order valence-corrected chi connectivity index (χ0v) is 12.3. The lowest BCUT2D eigenvalue weighted by atomic mass is 10.2. The van der Waals surface area contributed by atoms with Gasteiger partial charge in [-0.2, -0.15) is 0 Å². The molecule has 0 radical (unpaired) electrons. The number of carbonyl (C=O) groups is 2. The van der Waals surface area contributed by atoms with Gasteiger partial charge in [-0.1, -0.05) is 18.2 Å². The van der Waals surface area contributed by atoms with Crippen LogP contribution in [0, 0.1) is 0 Å². The maximum Gasteiger partial charge on any atom is 0.291 e. The van der Waals surface area contributed by atoms with Crippen LogP contribution in [0.5, 0.6) is 5.75 Å². The highest BCUT2D eigenvalue weighted by Gasteiger charge is 2.19. The molecular weight excluding hydrogens is 310 g/mol. The van der Waals surface area contributed by atoms with Gasteiger partial charge in [0.2, 0.25) is 0 Å². The zero-order valence-electron chi connectivity index (χ0n) is 12.3. The van der Waals surface area contributed by atoms with Crippen molar-refractivity contribution in [2.75, 3.05) is 5.32 Å². The van der Waals surface area contributed by atoms with Crippen LogP contribution in [0.2, 0.25) is 0 Å². The van der Waals surface area contributed by atoms with E-state index in [0.29, 0.717) is 22.8 Å². The standard InChI is InChI=1S/C18H11NO5/c20-9-16-17(12-8-11(21)5-6-14(12)24-16)19-18(22)15-7-10-3-1-2-4-13(10)23-15/h1-9,21H,(H,19,22). The number of phenolic OH excluding ortho intramolecular Hbond substituents is 1. The van der Waals surface area contributed by atoms with Crippen LogP contribution in [0.25, 0.3) is 21.9 Å². The van der Waals surface area contributed by atoms with E-state index >= 15 is 0 Å². The minimum absolute atomic E-state index is 0.0000138. The van der Waals surface area contributed by atoms with E-state index in [0.717, 1.165) is 5.39 Å². The summed E-state index contributed by atoms with van der Waals surface area (Å²) >= 11 is 0. The first-order valence-corrected chi connectivity index (χ1v) is 7.16. The van der Waals surface area contributed by atoms with Crippen molar-refractivity contribution in [2.45, 2.75) is 0 Å². The highest BCUT2D eigenvalue weighted by atomic mass is 16.4. The molecule has 4 rings (SSSR count). The van der Waals surface area contributed by atoms with Crippen molar-refractivity contribution in [1.82, 2.24) is 0 Å². The number of benzene rings is 2. The van der Waals surface area contributed by atoms with Gasteiger partial charge in [-0.3, -0.25) is 9.59 Å². The quantitative estimate of drug-likeness (QED) is 0.557. The Morgan fingerprint density at radius 1 is 1.04 bits per heavy atom. The van der Waals surface area contributed by atoms with Gasteiger partial charge in [0.15, 0.2) is 17.8 Å². The highest BCUT2D eigenvalue weighted by molar-refractivity contribution is 6.12. The van der Waals surface area contributed by atoms with Gasteiger partial charge in [0.05, 0.1) is 5.69 Å². The molecule has 0 saturated heterocycles. The Labute approximate surface area is 135 Å². The number of aromatic hydroxyl groups is 1. The summed E-state index contributed by atoms with van der Waals surface area (Å²) in [4.78, 5) is 23.7. The van der Waals surface area contributed by atoms with Crippen LogP contribution in [0.1, 0.15) is 21.1 Å². The molecule has 0 atom stereocenters. The van der Waals surface area contributed by atoms with Gasteiger partial charge in [-0.05, 0) is 30.3 Å². The van der Waals surface area contributed by atoms with Crippen molar-refractivity contribution in [3.8, 4) is 5.75 Å². The Balaban J connectivity index is 1.76. The first-order valence-electron chi connectivity index (χ1n) is 7.16. The smallest absolute Gasteiger partial charge is 0.291 e. The van der Waals surface area contributed by atoms with Gasteiger partial charge >= 0.3 is 0 Å². The van der Waals surface area contributed by atoms with Crippen molar-refractivity contribution in [3.05, 3.63) is 60.1 Å². The normalized spacial score (nSPS) is 11.0. The Bertz CT molecular complexity index is 1060. The zero-order chi connectivity index (χ0) is 16.7. The van der Waals surface area contributed by atoms with E-state index in [1.165, 1.54) is 18.2 Å². The maximum absolute atomic E-state index is 12.5. The Kier molecular flexibility index (Phi) is 3.09. The highest BCUT2D eigenvalue weighted by Crippen LogP contribution is 2.33. The van der Waals surface area contributed by atoms with E-state index < -0.39 is 5.91 Å². The number of anilines is 1. The van der Waals surface area contributed by atoms with Gasteiger partial charge in [0.1, 0.15) is 16.9 Å². The monoisotopic (exact) mass is 321 g/mol. The SMILES string of the molecule is O=Cc1oc2ccc(O)cc2c1NC(=O)c1cc2ccccc2o1. The second-order valence-electron chi connectivity index (χ2n) is 5.24. The molecule has 2 aromatic heterocycles. The van der Waals surface area contributed by atoms with E-state index in [4.69, 9.17) is 8.83 Å². The number of nitrogens with one attached hydrogen (secondary N) is 1. The van der Waals surface area contributed by atoms with E-state index in [2.05, 4.69) is 5.32 Å². The van der Waals surface area contributed by atoms with Crippen LogP contribution in [-0.2, 0) is 0 Å². The molecule has 0 unspecified atom stereocenters.